The summed E-state index contributed by atoms with van der Waals surface area (Å²) in [5.41, 5.74) is 0.569. The number of ether oxygens (including phenoxy) is 1. The lowest BCUT2D eigenvalue weighted by Gasteiger charge is -2.39. The van der Waals surface area contributed by atoms with Crippen LogP contribution in [0.4, 0.5) is 13.6 Å². The number of nitrogens with one attached hydrogen (secondary N) is 4. The molecule has 13 heteroatoms. The number of hydrogen-bond acceptors (Lipinski definition) is 7. The van der Waals surface area contributed by atoms with E-state index in [1.165, 1.54) is 0 Å². The Morgan fingerprint density at radius 3 is 2.13 bits per heavy atom. The van der Waals surface area contributed by atoms with Crippen LogP contribution in [0, 0.1) is 40.9 Å². The van der Waals surface area contributed by atoms with Gasteiger partial charge in [-0.05, 0) is 111 Å². The molecule has 5 rings (SSSR count). The summed E-state index contributed by atoms with van der Waals surface area (Å²) in [6, 6.07) is 11.0. The average molecular weight is 880 g/mol. The number of amidine groups is 2. The van der Waals surface area contributed by atoms with Crippen molar-refractivity contribution in [3.8, 4) is 12.3 Å². The number of hydrogen-bond donors (Lipinski definition) is 4. The zero-order valence-corrected chi connectivity index (χ0v) is 39.8. The second kappa shape index (κ2) is 23.2. The Balaban J connectivity index is 0.000000346. The first kappa shape index (κ1) is 51.6. The minimum Gasteiger partial charge on any atom is -0.444 e. The first-order valence-electron chi connectivity index (χ1n) is 23.8. The lowest BCUT2D eigenvalue weighted by molar-refractivity contribution is -0.130. The van der Waals surface area contributed by atoms with E-state index in [1.54, 1.807) is 0 Å². The number of amides is 3. The maximum absolute atomic E-state index is 13.7. The Hall–Kier alpha value is -4.05. The lowest BCUT2D eigenvalue weighted by Crippen LogP contribution is -2.53. The van der Waals surface area contributed by atoms with Crippen LogP contribution in [-0.2, 0) is 14.3 Å². The van der Waals surface area contributed by atoms with Crippen LogP contribution in [0.15, 0.2) is 30.3 Å². The van der Waals surface area contributed by atoms with Crippen molar-refractivity contribution in [1.82, 2.24) is 25.3 Å². The molecule has 4 N–H and O–H groups in total. The van der Waals surface area contributed by atoms with E-state index in [9.17, 15) is 23.2 Å². The summed E-state index contributed by atoms with van der Waals surface area (Å²) in [5, 5.41) is 23.9. The molecule has 63 heavy (non-hydrogen) atoms. The molecule has 1 aromatic rings. The van der Waals surface area contributed by atoms with Gasteiger partial charge in [-0.15, -0.1) is 12.3 Å². The molecule has 1 aromatic carbocycles. The van der Waals surface area contributed by atoms with Crippen molar-refractivity contribution in [2.75, 3.05) is 6.54 Å². The molecular formula is C50H79F2N7O4. The van der Waals surface area contributed by atoms with Gasteiger partial charge in [0.2, 0.25) is 17.7 Å². The largest absolute Gasteiger partial charge is 0.444 e. The van der Waals surface area contributed by atoms with Gasteiger partial charge in [-0.1, -0.05) is 58.0 Å². The number of rotatable bonds is 15. The molecule has 4 aliphatic rings. The summed E-state index contributed by atoms with van der Waals surface area (Å²) < 4.78 is 32.9. The van der Waals surface area contributed by atoms with Gasteiger partial charge in [0.05, 0.1) is 6.04 Å². The fourth-order valence-electron chi connectivity index (χ4n) is 9.84. The Kier molecular flexibility index (Phi) is 19.0. The SMILES string of the molecule is C#CCCCC(=N)N(C(=N)C(C)C)C(C)CC1CCC(C)N1CCC(NC(=O)C1CCC(F)(F)CC1)c1ccccc1.CC(C)C(=O)NC1CC2CCC(C1)N2C(=O)OC(C)(C)C. The molecule has 11 nitrogen and oxygen atoms in total. The number of unbranched alkanes of at least 4 members (excludes halogenated alkanes) is 1. The zero-order chi connectivity index (χ0) is 46.6. The van der Waals surface area contributed by atoms with Gasteiger partial charge in [0.25, 0.3) is 0 Å². The summed E-state index contributed by atoms with van der Waals surface area (Å²) in [7, 11) is 0. The van der Waals surface area contributed by atoms with E-state index in [4.69, 9.17) is 22.0 Å². The van der Waals surface area contributed by atoms with Gasteiger partial charge in [0, 0.05) is 86.2 Å². The number of piperidine rings is 1. The molecule has 352 valence electrons. The van der Waals surface area contributed by atoms with Crippen LogP contribution in [-0.4, -0.2) is 98.6 Å². The Morgan fingerprint density at radius 2 is 1.57 bits per heavy atom. The molecular weight excluding hydrogens is 801 g/mol. The van der Waals surface area contributed by atoms with Crippen molar-refractivity contribution in [1.29, 1.82) is 10.8 Å². The van der Waals surface area contributed by atoms with E-state index >= 15 is 0 Å². The van der Waals surface area contributed by atoms with Crippen LogP contribution in [0.1, 0.15) is 170 Å². The maximum atomic E-state index is 13.7. The fourth-order valence-corrected chi connectivity index (χ4v) is 9.84. The van der Waals surface area contributed by atoms with Crippen LogP contribution >= 0.6 is 0 Å². The van der Waals surface area contributed by atoms with E-state index in [2.05, 4.69) is 35.3 Å². The molecule has 6 unspecified atom stereocenters. The van der Waals surface area contributed by atoms with Gasteiger partial charge in [0.15, 0.2) is 0 Å². The van der Waals surface area contributed by atoms with Gasteiger partial charge in [-0.3, -0.25) is 25.3 Å². The number of carbonyl (C=O) groups excluding carboxylic acids is 3. The average Bonchev–Trinajstić information content (AvgIpc) is 3.69. The highest BCUT2D eigenvalue weighted by Crippen LogP contribution is 2.38. The summed E-state index contributed by atoms with van der Waals surface area (Å²) in [5.74, 6) is 0.562. The Labute approximate surface area is 377 Å². The molecule has 3 aliphatic heterocycles. The smallest absolute Gasteiger partial charge is 0.410 e. The number of terminal acetylenes is 1. The molecule has 0 aromatic heterocycles. The molecule has 1 aliphatic carbocycles. The molecule has 6 atom stereocenters. The second-order valence-corrected chi connectivity index (χ2v) is 20.3. The number of nitrogens with zero attached hydrogens (tertiary/aromatic N) is 3. The molecule has 0 radical (unpaired) electrons. The van der Waals surface area contributed by atoms with E-state index in [-0.39, 0.29) is 91.6 Å². The lowest BCUT2D eigenvalue weighted by atomic mass is 9.86. The number of carbonyl (C=O) groups is 3. The van der Waals surface area contributed by atoms with Crippen LogP contribution in [0.2, 0.25) is 0 Å². The first-order chi connectivity index (χ1) is 29.6. The predicted molar refractivity (Wildman–Crippen MR) is 248 cm³/mol. The third kappa shape index (κ3) is 15.3. The monoisotopic (exact) mass is 880 g/mol. The molecule has 2 bridgehead atoms. The van der Waals surface area contributed by atoms with Gasteiger partial charge in [-0.2, -0.15) is 0 Å². The standard InChI is InChI=1S/C34H51F2N5O.C16H28N2O3/c1-6-7-9-14-31(37)41(32(38)24(2)3)26(5)23-29-16-15-25(4)40(29)22-19-30(27-12-10-8-11-13-27)39-33(42)28-17-20-34(35,36)21-18-28;1-10(2)14(19)17-11-8-12-6-7-13(9-11)18(12)15(20)21-16(3,4)5/h1,8,10-13,24-26,28-30,37-38H,7,9,14-23H2,2-5H3,(H,39,42);10-13H,6-9H2,1-5H3,(H,17,19). The number of benzene rings is 1. The fraction of sp³-hybridized carbons (Fsp3) is 0.740. The predicted octanol–water partition coefficient (Wildman–Crippen LogP) is 10.1. The highest BCUT2D eigenvalue weighted by Gasteiger charge is 2.45. The summed E-state index contributed by atoms with van der Waals surface area (Å²) >= 11 is 0. The number of likely N-dealkylation sites (tertiary alicyclic amines) is 1. The highest BCUT2D eigenvalue weighted by atomic mass is 19.3. The molecule has 3 amide bonds. The topological polar surface area (TPSA) is 142 Å². The van der Waals surface area contributed by atoms with E-state index in [1.807, 2.05) is 88.6 Å². The van der Waals surface area contributed by atoms with Gasteiger partial charge >= 0.3 is 6.09 Å². The van der Waals surface area contributed by atoms with Crippen molar-refractivity contribution in [2.45, 2.75) is 212 Å². The number of fused-ring (bicyclic) bond motifs is 2. The summed E-state index contributed by atoms with van der Waals surface area (Å²) in [6.45, 7) is 18.6. The van der Waals surface area contributed by atoms with Crippen molar-refractivity contribution in [2.24, 2.45) is 17.8 Å². The minimum absolute atomic E-state index is 0.00471. The second-order valence-electron chi connectivity index (χ2n) is 20.3. The first-order valence-corrected chi connectivity index (χ1v) is 23.8. The molecule has 3 heterocycles. The molecule has 0 spiro atoms. The maximum Gasteiger partial charge on any atom is 0.410 e. The zero-order valence-electron chi connectivity index (χ0n) is 39.8. The van der Waals surface area contributed by atoms with Crippen LogP contribution < -0.4 is 10.6 Å². The number of alkyl halides is 2. The van der Waals surface area contributed by atoms with E-state index < -0.39 is 11.5 Å². The van der Waals surface area contributed by atoms with Gasteiger partial charge < -0.3 is 25.2 Å². The minimum atomic E-state index is -2.66. The van der Waals surface area contributed by atoms with Crippen LogP contribution in [0.25, 0.3) is 0 Å². The summed E-state index contributed by atoms with van der Waals surface area (Å²) in [4.78, 5) is 43.7. The Bertz CT molecular complexity index is 1700. The van der Waals surface area contributed by atoms with Gasteiger partial charge in [0.1, 0.15) is 17.3 Å². The van der Waals surface area contributed by atoms with Crippen LogP contribution in [0.3, 0.4) is 0 Å². The van der Waals surface area contributed by atoms with E-state index in [0.717, 1.165) is 69.9 Å². The molecule has 3 saturated heterocycles. The molecule has 4 fully saturated rings. The van der Waals surface area contributed by atoms with Crippen molar-refractivity contribution in [3.63, 3.8) is 0 Å². The quantitative estimate of drug-likeness (QED) is 0.0598. The third-order valence-electron chi connectivity index (χ3n) is 13.3. The van der Waals surface area contributed by atoms with Crippen LogP contribution in [0.5, 0.6) is 0 Å². The highest BCUT2D eigenvalue weighted by molar-refractivity contribution is 5.99. The Morgan fingerprint density at radius 1 is 0.952 bits per heavy atom. The molecule has 1 saturated carbocycles. The third-order valence-corrected chi connectivity index (χ3v) is 13.3. The van der Waals surface area contributed by atoms with Crippen molar-refractivity contribution in [3.05, 3.63) is 35.9 Å². The summed E-state index contributed by atoms with van der Waals surface area (Å²) in [6.07, 6.45) is 14.6. The van der Waals surface area contributed by atoms with E-state index in [0.29, 0.717) is 36.6 Å². The van der Waals surface area contributed by atoms with Crippen molar-refractivity contribution < 1.29 is 27.9 Å². The van der Waals surface area contributed by atoms with Gasteiger partial charge in [-0.25, -0.2) is 13.6 Å². The number of halogens is 2. The normalized spacial score (nSPS) is 24.4. The van der Waals surface area contributed by atoms with Crippen molar-refractivity contribution >= 4 is 29.6 Å².